The fourth-order valence-corrected chi connectivity index (χ4v) is 2.50. The van der Waals surface area contributed by atoms with Gasteiger partial charge in [0.1, 0.15) is 12.3 Å². The largest absolute Gasteiger partial charge is 0.497 e. The zero-order chi connectivity index (χ0) is 19.8. The fourth-order valence-electron chi connectivity index (χ4n) is 2.50. The van der Waals surface area contributed by atoms with Gasteiger partial charge in [-0.05, 0) is 47.9 Å². The molecule has 0 saturated carbocycles. The molecule has 0 aromatic heterocycles. The lowest BCUT2D eigenvalue weighted by Gasteiger charge is -2.13. The summed E-state index contributed by atoms with van der Waals surface area (Å²) in [6.45, 7) is 1.53. The molecule has 3 N–H and O–H groups in total. The Labute approximate surface area is 157 Å². The zero-order valence-corrected chi connectivity index (χ0v) is 15.2. The maximum absolute atomic E-state index is 12.2. The van der Waals surface area contributed by atoms with E-state index in [2.05, 4.69) is 10.6 Å². The third-order valence-electron chi connectivity index (χ3n) is 4.01. The van der Waals surface area contributed by atoms with Gasteiger partial charge < -0.3 is 20.5 Å². The maximum atomic E-state index is 12.2. The van der Waals surface area contributed by atoms with Crippen LogP contribution in [0, 0.1) is 0 Å². The second-order valence-corrected chi connectivity index (χ2v) is 6.08. The molecule has 0 bridgehead atoms. The number of benzene rings is 2. The molecule has 1 unspecified atom stereocenters. The Kier molecular flexibility index (Phi) is 6.93. The lowest BCUT2D eigenvalue weighted by molar-refractivity contribution is -0.135. The maximum Gasteiger partial charge on any atom is 0.322 e. The lowest BCUT2D eigenvalue weighted by atomic mass is 9.97. The molecular weight excluding hydrogens is 348 g/mol. The number of aliphatic carboxylic acids is 1. The topological polar surface area (TPSA) is 105 Å². The van der Waals surface area contributed by atoms with Gasteiger partial charge in [-0.25, -0.2) is 0 Å². The first kappa shape index (κ1) is 20.0. The van der Waals surface area contributed by atoms with Gasteiger partial charge in [0.25, 0.3) is 5.91 Å². The first-order chi connectivity index (χ1) is 12.9. The van der Waals surface area contributed by atoms with Gasteiger partial charge in [-0.2, -0.15) is 0 Å². The van der Waals surface area contributed by atoms with E-state index in [0.717, 1.165) is 11.3 Å². The van der Waals surface area contributed by atoms with E-state index in [4.69, 9.17) is 9.84 Å². The molecular formula is C20H22N2O5. The number of rotatable bonds is 8. The Morgan fingerprint density at radius 2 is 1.67 bits per heavy atom. The Bertz CT molecular complexity index is 800. The number of carboxylic acid groups (broad SMARTS) is 1. The van der Waals surface area contributed by atoms with E-state index in [1.54, 1.807) is 19.2 Å². The average Bonchev–Trinajstić information content (AvgIpc) is 2.66. The number of ether oxygens (including phenoxy) is 1. The Balaban J connectivity index is 1.89. The second kappa shape index (κ2) is 9.38. The molecule has 2 aromatic carbocycles. The Hall–Kier alpha value is -3.35. The number of carbonyl (C=O) groups is 3. The van der Waals surface area contributed by atoms with Crippen LogP contribution in [-0.4, -0.2) is 36.5 Å². The van der Waals surface area contributed by atoms with E-state index < -0.39 is 18.4 Å². The van der Waals surface area contributed by atoms with E-state index in [-0.39, 0.29) is 11.8 Å². The van der Waals surface area contributed by atoms with Crippen molar-refractivity contribution in [1.82, 2.24) is 5.32 Å². The number of carbonyl (C=O) groups excluding carboxylic acids is 2. The lowest BCUT2D eigenvalue weighted by Crippen LogP contribution is -2.29. The van der Waals surface area contributed by atoms with E-state index >= 15 is 0 Å². The van der Waals surface area contributed by atoms with Crippen molar-refractivity contribution in [3.05, 3.63) is 59.7 Å². The Morgan fingerprint density at radius 1 is 1.04 bits per heavy atom. The first-order valence-electron chi connectivity index (χ1n) is 8.43. The zero-order valence-electron chi connectivity index (χ0n) is 15.2. The van der Waals surface area contributed by atoms with E-state index in [0.29, 0.717) is 17.7 Å². The fraction of sp³-hybridized carbons (Fsp3) is 0.250. The number of methoxy groups -OCH3 is 1. The number of hydrogen-bond donors (Lipinski definition) is 3. The molecule has 142 valence electrons. The predicted molar refractivity (Wildman–Crippen MR) is 101 cm³/mol. The van der Waals surface area contributed by atoms with Crippen LogP contribution in [0.1, 0.15) is 35.2 Å². The van der Waals surface area contributed by atoms with Crippen molar-refractivity contribution in [3.8, 4) is 5.75 Å². The van der Waals surface area contributed by atoms with Crippen molar-refractivity contribution >= 4 is 23.5 Å². The second-order valence-electron chi connectivity index (χ2n) is 6.08. The van der Waals surface area contributed by atoms with Crippen molar-refractivity contribution in [2.45, 2.75) is 19.3 Å². The van der Waals surface area contributed by atoms with Crippen LogP contribution in [0.15, 0.2) is 48.5 Å². The van der Waals surface area contributed by atoms with Gasteiger partial charge in [-0.3, -0.25) is 14.4 Å². The highest BCUT2D eigenvalue weighted by molar-refractivity contribution is 5.97. The molecule has 1 atom stereocenters. The molecule has 0 saturated heterocycles. The van der Waals surface area contributed by atoms with Gasteiger partial charge in [0.2, 0.25) is 5.91 Å². The van der Waals surface area contributed by atoms with Crippen LogP contribution in [0.25, 0.3) is 0 Å². The monoisotopic (exact) mass is 370 g/mol. The quantitative estimate of drug-likeness (QED) is 0.663. The summed E-state index contributed by atoms with van der Waals surface area (Å²) < 4.78 is 5.13. The van der Waals surface area contributed by atoms with Crippen LogP contribution in [0.4, 0.5) is 5.69 Å². The Morgan fingerprint density at radius 3 is 2.22 bits per heavy atom. The molecule has 2 rings (SSSR count). The highest BCUT2D eigenvalue weighted by Crippen LogP contribution is 2.22. The summed E-state index contributed by atoms with van der Waals surface area (Å²) in [4.78, 5) is 34.5. The van der Waals surface area contributed by atoms with Gasteiger partial charge in [0.15, 0.2) is 0 Å². The predicted octanol–water partition coefficient (Wildman–Crippen LogP) is 2.64. The molecule has 0 aliphatic carbocycles. The summed E-state index contributed by atoms with van der Waals surface area (Å²) in [6.07, 6.45) is 0.313. The molecule has 0 fully saturated rings. The summed E-state index contributed by atoms with van der Waals surface area (Å²) in [5, 5.41) is 13.6. The average molecular weight is 370 g/mol. The van der Waals surface area contributed by atoms with Crippen LogP contribution in [0.2, 0.25) is 0 Å². The number of hydrogen-bond acceptors (Lipinski definition) is 4. The summed E-state index contributed by atoms with van der Waals surface area (Å²) in [5.74, 6) is -0.928. The third-order valence-corrected chi connectivity index (χ3v) is 4.01. The highest BCUT2D eigenvalue weighted by Gasteiger charge is 2.12. The van der Waals surface area contributed by atoms with E-state index in [1.807, 2.05) is 31.2 Å². The molecule has 0 aliphatic rings. The van der Waals surface area contributed by atoms with Crippen LogP contribution in [0.5, 0.6) is 5.75 Å². The minimum absolute atomic E-state index is 0.0389. The molecule has 27 heavy (non-hydrogen) atoms. The summed E-state index contributed by atoms with van der Waals surface area (Å²) >= 11 is 0. The SMILES string of the molecule is COc1ccc(C(C)CC(=O)Nc2ccc(C(=O)NCC(=O)O)cc2)cc1. The molecule has 2 aromatic rings. The van der Waals surface area contributed by atoms with Crippen molar-refractivity contribution in [2.75, 3.05) is 19.0 Å². The number of carboxylic acids is 1. The van der Waals surface area contributed by atoms with Crippen molar-refractivity contribution in [2.24, 2.45) is 0 Å². The summed E-state index contributed by atoms with van der Waals surface area (Å²) in [6, 6.07) is 13.8. The number of amides is 2. The minimum Gasteiger partial charge on any atom is -0.497 e. The van der Waals surface area contributed by atoms with Crippen LogP contribution in [0.3, 0.4) is 0 Å². The highest BCUT2D eigenvalue weighted by atomic mass is 16.5. The van der Waals surface area contributed by atoms with Crippen LogP contribution >= 0.6 is 0 Å². The molecule has 0 radical (unpaired) electrons. The summed E-state index contributed by atoms with van der Waals surface area (Å²) in [7, 11) is 1.60. The van der Waals surface area contributed by atoms with Crippen molar-refractivity contribution in [3.63, 3.8) is 0 Å². The number of anilines is 1. The van der Waals surface area contributed by atoms with E-state index in [9.17, 15) is 14.4 Å². The molecule has 0 aliphatic heterocycles. The van der Waals surface area contributed by atoms with Crippen LogP contribution < -0.4 is 15.4 Å². The molecule has 7 nitrogen and oxygen atoms in total. The number of nitrogens with one attached hydrogen (secondary N) is 2. The van der Waals surface area contributed by atoms with Crippen LogP contribution in [-0.2, 0) is 9.59 Å². The smallest absolute Gasteiger partial charge is 0.322 e. The molecule has 0 spiro atoms. The molecule has 2 amide bonds. The third kappa shape index (κ3) is 6.14. The standard InChI is InChI=1S/C20H22N2O5/c1-13(14-5-9-17(27-2)10-6-14)11-18(23)22-16-7-3-15(4-8-16)20(26)21-12-19(24)25/h3-10,13H,11-12H2,1-2H3,(H,21,26)(H,22,23)(H,24,25). The van der Waals surface area contributed by atoms with Crippen molar-refractivity contribution in [1.29, 1.82) is 0 Å². The van der Waals surface area contributed by atoms with Gasteiger partial charge in [-0.1, -0.05) is 19.1 Å². The van der Waals surface area contributed by atoms with Crippen molar-refractivity contribution < 1.29 is 24.2 Å². The minimum atomic E-state index is -1.11. The molecule has 0 heterocycles. The normalized spacial score (nSPS) is 11.3. The van der Waals surface area contributed by atoms with Gasteiger partial charge >= 0.3 is 5.97 Å². The molecule has 7 heteroatoms. The van der Waals surface area contributed by atoms with Gasteiger partial charge in [-0.15, -0.1) is 0 Å². The summed E-state index contributed by atoms with van der Waals surface area (Å²) in [5.41, 5.74) is 1.92. The van der Waals surface area contributed by atoms with E-state index in [1.165, 1.54) is 12.1 Å². The first-order valence-corrected chi connectivity index (χ1v) is 8.43. The van der Waals surface area contributed by atoms with Gasteiger partial charge in [0, 0.05) is 17.7 Å². The van der Waals surface area contributed by atoms with Gasteiger partial charge in [0.05, 0.1) is 7.11 Å².